The van der Waals surface area contributed by atoms with Gasteiger partial charge in [0.05, 0.1) is 34.5 Å². The smallest absolute Gasteiger partial charge is 0.328 e. The van der Waals surface area contributed by atoms with E-state index in [-0.39, 0.29) is 12.0 Å². The van der Waals surface area contributed by atoms with Gasteiger partial charge in [0.15, 0.2) is 11.0 Å². The molecule has 1 saturated heterocycles. The van der Waals surface area contributed by atoms with Gasteiger partial charge in [0.1, 0.15) is 5.75 Å². The van der Waals surface area contributed by atoms with Gasteiger partial charge in [0, 0.05) is 33.3 Å². The molecule has 190 valence electrons. The van der Waals surface area contributed by atoms with Crippen LogP contribution in [-0.2, 0) is 4.74 Å². The molecule has 4 heterocycles. The molecule has 0 N–H and O–H groups in total. The maximum atomic E-state index is 14.0. The zero-order valence-electron chi connectivity index (χ0n) is 20.0. The zero-order chi connectivity index (χ0) is 25.5. The fourth-order valence-corrected chi connectivity index (χ4v) is 4.96. The Labute approximate surface area is 214 Å². The van der Waals surface area contributed by atoms with Crippen LogP contribution in [0.15, 0.2) is 42.5 Å². The molecule has 0 unspecified atom stereocenters. The van der Waals surface area contributed by atoms with E-state index in [2.05, 4.69) is 24.9 Å². The van der Waals surface area contributed by atoms with Crippen LogP contribution >= 0.6 is 11.3 Å². The third kappa shape index (κ3) is 4.51. The van der Waals surface area contributed by atoms with E-state index in [1.54, 1.807) is 30.3 Å². The van der Waals surface area contributed by atoms with Gasteiger partial charge in [-0.1, -0.05) is 23.5 Å². The fraction of sp³-hybridized carbons (Fsp3) is 0.292. The predicted octanol–water partition coefficient (Wildman–Crippen LogP) is 4.45. The highest BCUT2D eigenvalue weighted by atomic mass is 32.1. The zero-order valence-corrected chi connectivity index (χ0v) is 20.8. The van der Waals surface area contributed by atoms with E-state index in [0.717, 1.165) is 15.3 Å². The molecule has 0 saturated carbocycles. The van der Waals surface area contributed by atoms with Crippen molar-refractivity contribution in [3.63, 3.8) is 0 Å². The molecule has 5 aromatic rings. The lowest BCUT2D eigenvalue weighted by Crippen LogP contribution is -2.37. The van der Waals surface area contributed by atoms with Crippen LogP contribution in [0.4, 0.5) is 19.9 Å². The SMILES string of the molecule is CN(C)c1nc2ccc(Oc3nc(N4CCOCC4)nc(-n4c(C(F)F)nc5ccccc54)n3)cc2s1. The van der Waals surface area contributed by atoms with E-state index in [0.29, 0.717) is 49.0 Å². The van der Waals surface area contributed by atoms with E-state index >= 15 is 0 Å². The van der Waals surface area contributed by atoms with Gasteiger partial charge in [0.25, 0.3) is 6.43 Å². The van der Waals surface area contributed by atoms with Crippen molar-refractivity contribution < 1.29 is 18.3 Å². The number of aromatic nitrogens is 6. The van der Waals surface area contributed by atoms with Crippen molar-refractivity contribution in [2.45, 2.75) is 6.43 Å². The van der Waals surface area contributed by atoms with Crippen LogP contribution < -0.4 is 14.5 Å². The number of ether oxygens (including phenoxy) is 2. The molecular formula is C24H22F2N8O2S. The largest absolute Gasteiger partial charge is 0.424 e. The van der Waals surface area contributed by atoms with Gasteiger partial charge in [-0.3, -0.25) is 4.57 Å². The summed E-state index contributed by atoms with van der Waals surface area (Å²) in [5.41, 5.74) is 1.73. The van der Waals surface area contributed by atoms with Crippen molar-refractivity contribution in [2.75, 3.05) is 50.2 Å². The highest BCUT2D eigenvalue weighted by Crippen LogP contribution is 2.33. The van der Waals surface area contributed by atoms with E-state index in [1.807, 2.05) is 36.0 Å². The molecule has 1 aliphatic rings. The lowest BCUT2D eigenvalue weighted by Gasteiger charge is -2.27. The minimum atomic E-state index is -2.83. The number of para-hydroxylation sites is 2. The second kappa shape index (κ2) is 9.48. The molecule has 6 rings (SSSR count). The molecule has 0 atom stereocenters. The van der Waals surface area contributed by atoms with Gasteiger partial charge in [-0.05, 0) is 24.3 Å². The van der Waals surface area contributed by atoms with E-state index in [1.165, 1.54) is 15.9 Å². The Kier molecular flexibility index (Phi) is 6.00. The maximum absolute atomic E-state index is 14.0. The number of fused-ring (bicyclic) bond motifs is 2. The summed E-state index contributed by atoms with van der Waals surface area (Å²) in [6, 6.07) is 12.3. The normalized spacial score (nSPS) is 14.1. The van der Waals surface area contributed by atoms with E-state index in [9.17, 15) is 8.78 Å². The first-order valence-corrected chi connectivity index (χ1v) is 12.4. The second-order valence-electron chi connectivity index (χ2n) is 8.53. The predicted molar refractivity (Wildman–Crippen MR) is 136 cm³/mol. The fourth-order valence-electron chi connectivity index (χ4n) is 4.04. The number of morpholine rings is 1. The van der Waals surface area contributed by atoms with Crippen molar-refractivity contribution in [1.29, 1.82) is 0 Å². The Morgan fingerprint density at radius 3 is 2.51 bits per heavy atom. The van der Waals surface area contributed by atoms with Gasteiger partial charge in [-0.2, -0.15) is 15.0 Å². The van der Waals surface area contributed by atoms with E-state index in [4.69, 9.17) is 9.47 Å². The Bertz CT molecular complexity index is 1580. The van der Waals surface area contributed by atoms with Crippen molar-refractivity contribution >= 4 is 43.7 Å². The average molecular weight is 525 g/mol. The average Bonchev–Trinajstić information content (AvgIpc) is 3.51. The molecule has 3 aromatic heterocycles. The van der Waals surface area contributed by atoms with Crippen LogP contribution in [0.5, 0.6) is 11.8 Å². The lowest BCUT2D eigenvalue weighted by molar-refractivity contribution is 0.122. The topological polar surface area (TPSA) is 94.3 Å². The Morgan fingerprint density at radius 1 is 0.946 bits per heavy atom. The molecule has 0 bridgehead atoms. The first-order chi connectivity index (χ1) is 18.0. The number of thiazole rings is 1. The molecule has 10 nitrogen and oxygen atoms in total. The number of alkyl halides is 2. The Balaban J connectivity index is 1.46. The summed E-state index contributed by atoms with van der Waals surface area (Å²) in [7, 11) is 3.87. The summed E-state index contributed by atoms with van der Waals surface area (Å²) in [6.07, 6.45) is -2.83. The van der Waals surface area contributed by atoms with Crippen molar-refractivity contribution in [3.8, 4) is 17.7 Å². The lowest BCUT2D eigenvalue weighted by atomic mass is 10.3. The van der Waals surface area contributed by atoms with Crippen LogP contribution in [0.1, 0.15) is 12.2 Å². The van der Waals surface area contributed by atoms with Gasteiger partial charge < -0.3 is 19.3 Å². The number of hydrogen-bond acceptors (Lipinski definition) is 10. The number of halogens is 2. The third-order valence-corrected chi connectivity index (χ3v) is 6.99. The molecule has 0 aliphatic carbocycles. The number of anilines is 2. The monoisotopic (exact) mass is 524 g/mol. The first kappa shape index (κ1) is 23.4. The van der Waals surface area contributed by atoms with Crippen LogP contribution in [-0.4, -0.2) is 69.9 Å². The third-order valence-electron chi connectivity index (χ3n) is 5.81. The van der Waals surface area contributed by atoms with Crippen LogP contribution in [0, 0.1) is 0 Å². The number of hydrogen-bond donors (Lipinski definition) is 0. The molecule has 0 spiro atoms. The molecule has 0 amide bonds. The van der Waals surface area contributed by atoms with Gasteiger partial charge in [0.2, 0.25) is 11.9 Å². The van der Waals surface area contributed by atoms with Crippen LogP contribution in [0.25, 0.3) is 27.2 Å². The van der Waals surface area contributed by atoms with Gasteiger partial charge >= 0.3 is 6.01 Å². The van der Waals surface area contributed by atoms with Crippen molar-refractivity contribution in [2.24, 2.45) is 0 Å². The molecule has 0 radical (unpaired) electrons. The summed E-state index contributed by atoms with van der Waals surface area (Å²) >= 11 is 1.53. The van der Waals surface area contributed by atoms with Crippen LogP contribution in [0.3, 0.4) is 0 Å². The van der Waals surface area contributed by atoms with Crippen molar-refractivity contribution in [3.05, 3.63) is 48.3 Å². The van der Waals surface area contributed by atoms with Crippen molar-refractivity contribution in [1.82, 2.24) is 29.5 Å². The summed E-state index contributed by atoms with van der Waals surface area (Å²) in [4.78, 5) is 26.1. The summed E-state index contributed by atoms with van der Waals surface area (Å²) in [5, 5.41) is 0.871. The molecule has 1 aliphatic heterocycles. The molecule has 2 aromatic carbocycles. The highest BCUT2D eigenvalue weighted by molar-refractivity contribution is 7.22. The minimum absolute atomic E-state index is 0.00394. The number of imidazole rings is 1. The Hall–Kier alpha value is -3.97. The maximum Gasteiger partial charge on any atom is 0.328 e. The molecule has 37 heavy (non-hydrogen) atoms. The van der Waals surface area contributed by atoms with E-state index < -0.39 is 12.2 Å². The quantitative estimate of drug-likeness (QED) is 0.319. The van der Waals surface area contributed by atoms with Crippen LogP contribution in [0.2, 0.25) is 0 Å². The number of benzene rings is 2. The summed E-state index contributed by atoms with van der Waals surface area (Å²) in [6.45, 7) is 2.11. The summed E-state index contributed by atoms with van der Waals surface area (Å²) < 4.78 is 41.8. The highest BCUT2D eigenvalue weighted by Gasteiger charge is 2.25. The summed E-state index contributed by atoms with van der Waals surface area (Å²) in [5.74, 6) is 0.365. The standard InChI is InChI=1S/C24H22F2N8O2S/c1-32(2)24-28-16-8-7-14(13-18(16)37-24)36-23-30-21(33-9-11-35-12-10-33)29-22(31-23)34-17-6-4-3-5-15(17)27-20(34)19(25)26/h3-8,13,19H,9-12H2,1-2H3. The molecule has 1 fully saturated rings. The van der Waals surface area contributed by atoms with Gasteiger partial charge in [-0.25, -0.2) is 18.7 Å². The minimum Gasteiger partial charge on any atom is -0.424 e. The molecule has 13 heteroatoms. The first-order valence-electron chi connectivity index (χ1n) is 11.6. The Morgan fingerprint density at radius 2 is 1.73 bits per heavy atom. The second-order valence-corrected chi connectivity index (χ2v) is 9.54. The molecular weight excluding hydrogens is 502 g/mol. The number of nitrogens with zero attached hydrogens (tertiary/aromatic N) is 8. The van der Waals surface area contributed by atoms with Gasteiger partial charge in [-0.15, -0.1) is 0 Å². The number of rotatable bonds is 6.